The van der Waals surface area contributed by atoms with E-state index in [1.807, 2.05) is 56.3 Å². The van der Waals surface area contributed by atoms with E-state index in [4.69, 9.17) is 0 Å². The molecule has 6 heteroatoms. The molecule has 0 spiro atoms. The third kappa shape index (κ3) is 4.23. The number of benzene rings is 3. The summed E-state index contributed by atoms with van der Waals surface area (Å²) in [4.78, 5) is 4.95. The van der Waals surface area contributed by atoms with Crippen molar-refractivity contribution in [2.45, 2.75) is 24.0 Å². The molecule has 0 aliphatic carbocycles. The van der Waals surface area contributed by atoms with Crippen molar-refractivity contribution in [3.05, 3.63) is 95.6 Å². The number of aliphatic imine (C=N–C) groups is 1. The van der Waals surface area contributed by atoms with Gasteiger partial charge in [-0.1, -0.05) is 77.5 Å². The van der Waals surface area contributed by atoms with Gasteiger partial charge in [-0.05, 0) is 43.7 Å². The fourth-order valence-corrected chi connectivity index (χ4v) is 6.11. The van der Waals surface area contributed by atoms with Crippen molar-refractivity contribution < 1.29 is 8.42 Å². The van der Waals surface area contributed by atoms with Gasteiger partial charge in [-0.2, -0.15) is 0 Å². The van der Waals surface area contributed by atoms with Gasteiger partial charge >= 0.3 is 0 Å². The summed E-state index contributed by atoms with van der Waals surface area (Å²) in [5.41, 5.74) is 4.04. The molecule has 1 saturated heterocycles. The maximum absolute atomic E-state index is 13.4. The minimum atomic E-state index is -3.69. The largest absolute Gasteiger partial charge is 0.265 e. The van der Waals surface area contributed by atoms with Crippen molar-refractivity contribution in [2.24, 2.45) is 4.99 Å². The van der Waals surface area contributed by atoms with Crippen molar-refractivity contribution in [2.75, 3.05) is 6.54 Å². The van der Waals surface area contributed by atoms with E-state index < -0.39 is 10.0 Å². The molecule has 1 heterocycles. The summed E-state index contributed by atoms with van der Waals surface area (Å²) < 4.78 is 28.3. The van der Waals surface area contributed by atoms with Crippen LogP contribution in [-0.2, 0) is 10.0 Å². The van der Waals surface area contributed by atoms with Crippen LogP contribution >= 0.6 is 11.8 Å². The van der Waals surface area contributed by atoms with Crippen LogP contribution in [0.2, 0.25) is 0 Å². The Morgan fingerprint density at radius 3 is 2.07 bits per heavy atom. The molecule has 0 N–H and O–H groups in total. The SMILES string of the molecule is Cc1ccc(C2CN(S(=O)(=O)c3ccc(C)cc3)C(=Nc3ccccc3)S2)cc1. The Bertz CT molecular complexity index is 1120. The Balaban J connectivity index is 1.74. The van der Waals surface area contributed by atoms with Gasteiger partial charge < -0.3 is 0 Å². The normalized spacial score (nSPS) is 18.3. The van der Waals surface area contributed by atoms with Gasteiger partial charge in [0.2, 0.25) is 0 Å². The van der Waals surface area contributed by atoms with E-state index in [1.165, 1.54) is 21.6 Å². The molecule has 1 fully saturated rings. The summed E-state index contributed by atoms with van der Waals surface area (Å²) in [5.74, 6) is 0. The van der Waals surface area contributed by atoms with Crippen LogP contribution < -0.4 is 0 Å². The molecule has 0 radical (unpaired) electrons. The molecule has 0 amide bonds. The quantitative estimate of drug-likeness (QED) is 0.560. The van der Waals surface area contributed by atoms with Crippen molar-refractivity contribution in [3.8, 4) is 0 Å². The van der Waals surface area contributed by atoms with Crippen LogP contribution in [-0.4, -0.2) is 24.4 Å². The molecular weight excluding hydrogens is 400 g/mol. The van der Waals surface area contributed by atoms with Crippen LogP contribution in [0.15, 0.2) is 88.8 Å². The zero-order chi connectivity index (χ0) is 20.4. The second-order valence-electron chi connectivity index (χ2n) is 7.10. The second-order valence-corrected chi connectivity index (χ2v) is 10.1. The van der Waals surface area contributed by atoms with E-state index in [0.717, 1.165) is 16.8 Å². The Hall–Kier alpha value is -2.57. The van der Waals surface area contributed by atoms with Crippen LogP contribution in [0.4, 0.5) is 5.69 Å². The first-order valence-corrected chi connectivity index (χ1v) is 11.7. The van der Waals surface area contributed by atoms with Gasteiger partial charge in [0.25, 0.3) is 10.0 Å². The predicted molar refractivity (Wildman–Crippen MR) is 120 cm³/mol. The van der Waals surface area contributed by atoms with E-state index in [9.17, 15) is 8.42 Å². The number of hydrogen-bond donors (Lipinski definition) is 0. The predicted octanol–water partition coefficient (Wildman–Crippen LogP) is 5.47. The van der Waals surface area contributed by atoms with E-state index in [1.54, 1.807) is 12.1 Å². The lowest BCUT2D eigenvalue weighted by Crippen LogP contribution is -2.32. The molecule has 4 rings (SSSR count). The van der Waals surface area contributed by atoms with Gasteiger partial charge in [0.05, 0.1) is 22.4 Å². The van der Waals surface area contributed by atoms with Crippen LogP contribution in [0, 0.1) is 13.8 Å². The van der Waals surface area contributed by atoms with Gasteiger partial charge in [0.1, 0.15) is 0 Å². The van der Waals surface area contributed by atoms with Crippen molar-refractivity contribution >= 4 is 32.6 Å². The van der Waals surface area contributed by atoms with E-state index in [-0.39, 0.29) is 10.1 Å². The number of sulfonamides is 1. The average Bonchev–Trinajstić information content (AvgIpc) is 3.14. The summed E-state index contributed by atoms with van der Waals surface area (Å²) in [6, 6.07) is 24.7. The van der Waals surface area contributed by atoms with E-state index in [0.29, 0.717) is 11.7 Å². The molecule has 1 aliphatic rings. The lowest BCUT2D eigenvalue weighted by atomic mass is 10.1. The molecule has 0 saturated carbocycles. The lowest BCUT2D eigenvalue weighted by molar-refractivity contribution is 0.529. The summed E-state index contributed by atoms with van der Waals surface area (Å²) in [5, 5.41) is 0.501. The number of rotatable bonds is 4. The monoisotopic (exact) mass is 422 g/mol. The summed E-state index contributed by atoms with van der Waals surface area (Å²) in [6.07, 6.45) is 0. The second kappa shape index (κ2) is 8.05. The highest BCUT2D eigenvalue weighted by molar-refractivity contribution is 8.15. The molecule has 3 aromatic rings. The van der Waals surface area contributed by atoms with Crippen LogP contribution in [0.1, 0.15) is 21.9 Å². The summed E-state index contributed by atoms with van der Waals surface area (Å²) >= 11 is 1.49. The number of amidine groups is 1. The van der Waals surface area contributed by atoms with Crippen LogP contribution in [0.25, 0.3) is 0 Å². The summed E-state index contributed by atoms with van der Waals surface area (Å²) in [7, 11) is -3.69. The fraction of sp³-hybridized carbons (Fsp3) is 0.174. The number of nitrogens with zero attached hydrogens (tertiary/aromatic N) is 2. The molecule has 0 bridgehead atoms. The van der Waals surface area contributed by atoms with Gasteiger partial charge in [0, 0.05) is 0 Å². The van der Waals surface area contributed by atoms with Crippen molar-refractivity contribution in [1.29, 1.82) is 0 Å². The fourth-order valence-electron chi connectivity index (χ4n) is 3.14. The molecule has 0 aromatic heterocycles. The zero-order valence-electron chi connectivity index (χ0n) is 16.3. The number of aryl methyl sites for hydroxylation is 2. The van der Waals surface area contributed by atoms with Crippen LogP contribution in [0.5, 0.6) is 0 Å². The maximum atomic E-state index is 13.4. The molecule has 29 heavy (non-hydrogen) atoms. The van der Waals surface area contributed by atoms with Gasteiger partial charge in [-0.3, -0.25) is 0 Å². The number of thioether (sulfide) groups is 1. The highest BCUT2D eigenvalue weighted by Crippen LogP contribution is 2.41. The Kier molecular flexibility index (Phi) is 5.48. The Labute approximate surface area is 176 Å². The first-order chi connectivity index (χ1) is 13.9. The topological polar surface area (TPSA) is 49.7 Å². The van der Waals surface area contributed by atoms with Gasteiger partial charge in [0.15, 0.2) is 5.17 Å². The zero-order valence-corrected chi connectivity index (χ0v) is 18.0. The van der Waals surface area contributed by atoms with Crippen molar-refractivity contribution in [3.63, 3.8) is 0 Å². The molecule has 1 aliphatic heterocycles. The standard InChI is InChI=1S/C23H22N2O2S2/c1-17-8-12-19(13-9-17)22-16-25(23(28-22)24-20-6-4-3-5-7-20)29(26,27)21-14-10-18(2)11-15-21/h3-15,22H,16H2,1-2H3. The number of hydrogen-bond acceptors (Lipinski definition) is 4. The highest BCUT2D eigenvalue weighted by Gasteiger charge is 2.38. The van der Waals surface area contributed by atoms with Crippen molar-refractivity contribution in [1.82, 2.24) is 4.31 Å². The molecular formula is C23H22N2O2S2. The average molecular weight is 423 g/mol. The maximum Gasteiger partial charge on any atom is 0.265 e. The third-order valence-electron chi connectivity index (χ3n) is 4.83. The minimum Gasteiger partial charge on any atom is -0.243 e. The third-order valence-corrected chi connectivity index (χ3v) is 7.95. The molecule has 1 atom stereocenters. The smallest absolute Gasteiger partial charge is 0.243 e. The molecule has 148 valence electrons. The first-order valence-electron chi connectivity index (χ1n) is 9.40. The Morgan fingerprint density at radius 2 is 1.45 bits per heavy atom. The number of para-hydroxylation sites is 1. The minimum absolute atomic E-state index is 0.00159. The first kappa shape index (κ1) is 19.7. The molecule has 4 nitrogen and oxygen atoms in total. The molecule has 1 unspecified atom stereocenters. The highest BCUT2D eigenvalue weighted by atomic mass is 32.2. The van der Waals surface area contributed by atoms with Gasteiger partial charge in [-0.25, -0.2) is 17.7 Å². The molecule has 3 aromatic carbocycles. The van der Waals surface area contributed by atoms with Gasteiger partial charge in [-0.15, -0.1) is 0 Å². The van der Waals surface area contributed by atoms with E-state index >= 15 is 0 Å². The van der Waals surface area contributed by atoms with E-state index in [2.05, 4.69) is 29.3 Å². The lowest BCUT2D eigenvalue weighted by Gasteiger charge is -2.19. The Morgan fingerprint density at radius 1 is 0.862 bits per heavy atom. The van der Waals surface area contributed by atoms with Crippen LogP contribution in [0.3, 0.4) is 0 Å². The summed E-state index contributed by atoms with van der Waals surface area (Å²) in [6.45, 7) is 4.34.